The van der Waals surface area contributed by atoms with Crippen LogP contribution < -0.4 is 11.1 Å². The van der Waals surface area contributed by atoms with Crippen LogP contribution in [-0.2, 0) is 14.4 Å². The highest BCUT2D eigenvalue weighted by atomic mass is 16.2. The topological polar surface area (TPSA) is 92.5 Å². The Labute approximate surface area is 107 Å². The summed E-state index contributed by atoms with van der Waals surface area (Å²) in [5, 5.41) is 2.15. The molecule has 1 atom stereocenters. The first-order valence-corrected chi connectivity index (χ1v) is 6.03. The van der Waals surface area contributed by atoms with Crippen molar-refractivity contribution in [3.05, 3.63) is 0 Å². The highest BCUT2D eigenvalue weighted by molar-refractivity contribution is 6.02. The zero-order valence-electron chi connectivity index (χ0n) is 11.2. The van der Waals surface area contributed by atoms with E-state index in [1.165, 1.54) is 4.90 Å². The number of nitrogens with two attached hydrogens (primary N) is 1. The summed E-state index contributed by atoms with van der Waals surface area (Å²) >= 11 is 0. The Morgan fingerprint density at radius 3 is 2.28 bits per heavy atom. The van der Waals surface area contributed by atoms with Gasteiger partial charge in [0.05, 0.1) is 0 Å². The van der Waals surface area contributed by atoms with Gasteiger partial charge in [-0.3, -0.25) is 19.7 Å². The number of amides is 3. The summed E-state index contributed by atoms with van der Waals surface area (Å²) in [5.74, 6) is -1.12. The summed E-state index contributed by atoms with van der Waals surface area (Å²) in [6, 6.07) is -0.252. The van der Waals surface area contributed by atoms with Gasteiger partial charge in [-0.1, -0.05) is 20.8 Å². The van der Waals surface area contributed by atoms with Gasteiger partial charge in [-0.05, 0) is 11.8 Å². The molecule has 1 unspecified atom stereocenters. The molecule has 0 aromatic rings. The van der Waals surface area contributed by atoms with Gasteiger partial charge in [0.2, 0.25) is 17.7 Å². The minimum absolute atomic E-state index is 0.0504. The number of carbonyl (C=O) groups is 3. The van der Waals surface area contributed by atoms with Crippen LogP contribution in [0.5, 0.6) is 0 Å². The number of rotatable bonds is 3. The average molecular weight is 255 g/mol. The fraction of sp³-hybridized carbons (Fsp3) is 0.750. The highest BCUT2D eigenvalue weighted by Gasteiger charge is 2.28. The van der Waals surface area contributed by atoms with Crippen LogP contribution in [0, 0.1) is 5.41 Å². The number of hydrogen-bond acceptors (Lipinski definition) is 4. The fourth-order valence-corrected chi connectivity index (χ4v) is 2.03. The molecule has 102 valence electrons. The molecule has 0 saturated carbocycles. The molecular formula is C12H21N3O3. The predicted molar refractivity (Wildman–Crippen MR) is 66.4 cm³/mol. The molecule has 0 bridgehead atoms. The van der Waals surface area contributed by atoms with Gasteiger partial charge in [0.1, 0.15) is 13.1 Å². The van der Waals surface area contributed by atoms with Crippen molar-refractivity contribution in [2.24, 2.45) is 11.1 Å². The largest absolute Gasteiger partial charge is 0.327 e. The molecule has 1 aliphatic heterocycles. The first-order valence-electron chi connectivity index (χ1n) is 6.03. The van der Waals surface area contributed by atoms with E-state index in [4.69, 9.17) is 5.73 Å². The summed E-state index contributed by atoms with van der Waals surface area (Å²) in [5.41, 5.74) is 5.95. The van der Waals surface area contributed by atoms with Crippen molar-refractivity contribution >= 4 is 17.7 Å². The van der Waals surface area contributed by atoms with E-state index in [0.717, 1.165) is 0 Å². The second kappa shape index (κ2) is 5.48. The number of piperazine rings is 1. The minimum atomic E-state index is -0.441. The Bertz CT molecular complexity index is 344. The molecule has 18 heavy (non-hydrogen) atoms. The third-order valence-electron chi connectivity index (χ3n) is 2.61. The van der Waals surface area contributed by atoms with Crippen molar-refractivity contribution < 1.29 is 14.4 Å². The first-order chi connectivity index (χ1) is 8.17. The van der Waals surface area contributed by atoms with Gasteiger partial charge in [-0.15, -0.1) is 0 Å². The number of hydrogen-bond donors (Lipinski definition) is 2. The standard InChI is InChI=1S/C12H21N3O3/c1-12(2,3)5-8(13)4-11(18)15-6-9(16)14-10(17)7-15/h8H,4-7,13H2,1-3H3,(H,14,16,17). The SMILES string of the molecule is CC(C)(C)CC(N)CC(=O)N1CC(=O)NC(=O)C1. The van der Waals surface area contributed by atoms with Crippen molar-refractivity contribution in [3.8, 4) is 0 Å². The highest BCUT2D eigenvalue weighted by Crippen LogP contribution is 2.21. The molecule has 1 rings (SSSR count). The van der Waals surface area contributed by atoms with Crippen LogP contribution in [0.15, 0.2) is 0 Å². The van der Waals surface area contributed by atoms with E-state index in [-0.39, 0.29) is 36.9 Å². The quantitative estimate of drug-likeness (QED) is 0.673. The summed E-state index contributed by atoms with van der Waals surface area (Å²) < 4.78 is 0. The molecule has 0 spiro atoms. The zero-order chi connectivity index (χ0) is 13.9. The maximum atomic E-state index is 11.9. The molecule has 3 N–H and O–H groups in total. The Morgan fingerprint density at radius 2 is 1.83 bits per heavy atom. The predicted octanol–water partition coefficient (Wildman–Crippen LogP) is -0.375. The number of nitrogens with one attached hydrogen (secondary N) is 1. The molecule has 0 aromatic carbocycles. The smallest absolute Gasteiger partial charge is 0.246 e. The molecule has 1 saturated heterocycles. The molecule has 0 radical (unpaired) electrons. The lowest BCUT2D eigenvalue weighted by Gasteiger charge is -2.28. The molecule has 1 heterocycles. The molecule has 1 aliphatic rings. The van der Waals surface area contributed by atoms with Gasteiger partial charge >= 0.3 is 0 Å². The van der Waals surface area contributed by atoms with Crippen molar-refractivity contribution in [2.45, 2.75) is 39.7 Å². The van der Waals surface area contributed by atoms with Crippen LogP contribution in [0.4, 0.5) is 0 Å². The van der Waals surface area contributed by atoms with Gasteiger partial charge < -0.3 is 10.6 Å². The molecular weight excluding hydrogens is 234 g/mol. The van der Waals surface area contributed by atoms with E-state index in [2.05, 4.69) is 26.1 Å². The maximum Gasteiger partial charge on any atom is 0.246 e. The third kappa shape index (κ3) is 4.83. The average Bonchev–Trinajstić information content (AvgIpc) is 2.12. The molecule has 0 aliphatic carbocycles. The van der Waals surface area contributed by atoms with Gasteiger partial charge in [0.15, 0.2) is 0 Å². The molecule has 1 fully saturated rings. The Morgan fingerprint density at radius 1 is 1.33 bits per heavy atom. The van der Waals surface area contributed by atoms with E-state index < -0.39 is 11.8 Å². The third-order valence-corrected chi connectivity index (χ3v) is 2.61. The van der Waals surface area contributed by atoms with Crippen molar-refractivity contribution in [1.29, 1.82) is 0 Å². The van der Waals surface area contributed by atoms with Gasteiger partial charge in [-0.2, -0.15) is 0 Å². The zero-order valence-corrected chi connectivity index (χ0v) is 11.2. The first kappa shape index (κ1) is 14.6. The van der Waals surface area contributed by atoms with E-state index in [1.54, 1.807) is 0 Å². The van der Waals surface area contributed by atoms with Gasteiger partial charge in [0, 0.05) is 12.5 Å². The Balaban J connectivity index is 2.50. The second-order valence-electron chi connectivity index (χ2n) is 5.95. The van der Waals surface area contributed by atoms with Crippen LogP contribution in [-0.4, -0.2) is 41.8 Å². The summed E-state index contributed by atoms with van der Waals surface area (Å²) in [6.45, 7) is 6.03. The van der Waals surface area contributed by atoms with Crippen LogP contribution in [0.25, 0.3) is 0 Å². The number of imide groups is 1. The molecule has 0 aromatic heterocycles. The lowest BCUT2D eigenvalue weighted by Crippen LogP contribution is -2.54. The Hall–Kier alpha value is -1.43. The second-order valence-corrected chi connectivity index (χ2v) is 5.95. The fourth-order valence-electron chi connectivity index (χ4n) is 2.03. The normalized spacial score (nSPS) is 18.6. The maximum absolute atomic E-state index is 11.9. The monoisotopic (exact) mass is 255 g/mol. The van der Waals surface area contributed by atoms with Crippen molar-refractivity contribution in [2.75, 3.05) is 13.1 Å². The molecule has 3 amide bonds. The summed E-state index contributed by atoms with van der Waals surface area (Å²) in [6.07, 6.45) is 0.880. The van der Waals surface area contributed by atoms with E-state index in [1.807, 2.05) is 0 Å². The number of carbonyl (C=O) groups excluding carboxylic acids is 3. The van der Waals surface area contributed by atoms with Crippen LogP contribution >= 0.6 is 0 Å². The van der Waals surface area contributed by atoms with Crippen LogP contribution in [0.1, 0.15) is 33.6 Å². The number of nitrogens with zero attached hydrogens (tertiary/aromatic N) is 1. The van der Waals surface area contributed by atoms with Crippen LogP contribution in [0.3, 0.4) is 0 Å². The summed E-state index contributed by atoms with van der Waals surface area (Å²) in [7, 11) is 0. The van der Waals surface area contributed by atoms with E-state index in [0.29, 0.717) is 6.42 Å². The van der Waals surface area contributed by atoms with E-state index in [9.17, 15) is 14.4 Å². The molecule has 6 heteroatoms. The van der Waals surface area contributed by atoms with E-state index >= 15 is 0 Å². The summed E-state index contributed by atoms with van der Waals surface area (Å²) in [4.78, 5) is 35.4. The van der Waals surface area contributed by atoms with Crippen molar-refractivity contribution in [3.63, 3.8) is 0 Å². The van der Waals surface area contributed by atoms with Gasteiger partial charge in [-0.25, -0.2) is 0 Å². The van der Waals surface area contributed by atoms with Crippen LogP contribution in [0.2, 0.25) is 0 Å². The lowest BCUT2D eigenvalue weighted by molar-refractivity contribution is -0.145. The molecule has 6 nitrogen and oxygen atoms in total. The Kier molecular flexibility index (Phi) is 4.45. The minimum Gasteiger partial charge on any atom is -0.327 e. The lowest BCUT2D eigenvalue weighted by atomic mass is 9.87. The van der Waals surface area contributed by atoms with Crippen molar-refractivity contribution in [1.82, 2.24) is 10.2 Å². The van der Waals surface area contributed by atoms with Gasteiger partial charge in [0.25, 0.3) is 0 Å².